The highest BCUT2D eigenvalue weighted by molar-refractivity contribution is 7.89. The van der Waals surface area contributed by atoms with Crippen LogP contribution in [0.4, 0.5) is 15.8 Å². The van der Waals surface area contributed by atoms with Crippen molar-refractivity contribution in [3.63, 3.8) is 0 Å². The summed E-state index contributed by atoms with van der Waals surface area (Å²) in [5, 5.41) is 7.71. The minimum Gasteiger partial charge on any atom is -0.493 e. The van der Waals surface area contributed by atoms with Gasteiger partial charge in [-0.05, 0) is 42.5 Å². The molecular formula is C22H16Cl2FN3O5S. The van der Waals surface area contributed by atoms with Gasteiger partial charge in [0.05, 0.1) is 35.7 Å². The minimum atomic E-state index is -3.97. The Kier molecular flexibility index (Phi) is 7.64. The van der Waals surface area contributed by atoms with Gasteiger partial charge >= 0.3 is 0 Å². The summed E-state index contributed by atoms with van der Waals surface area (Å²) in [7, 11) is -2.64. The van der Waals surface area contributed by atoms with Crippen molar-refractivity contribution in [2.75, 3.05) is 12.4 Å². The summed E-state index contributed by atoms with van der Waals surface area (Å²) in [6, 6.07) is 10.5. The summed E-state index contributed by atoms with van der Waals surface area (Å²) in [4.78, 5) is 15.6. The number of hydrogen-bond donors (Lipinski definition) is 2. The number of rotatable bonds is 7. The van der Waals surface area contributed by atoms with E-state index in [1.54, 1.807) is 0 Å². The molecule has 176 valence electrons. The van der Waals surface area contributed by atoms with E-state index in [9.17, 15) is 13.2 Å². The Morgan fingerprint density at radius 1 is 1.18 bits per heavy atom. The summed E-state index contributed by atoms with van der Waals surface area (Å²) in [5.74, 6) is -1.60. The van der Waals surface area contributed by atoms with Gasteiger partial charge < -0.3 is 14.8 Å². The lowest BCUT2D eigenvalue weighted by atomic mass is 10.1. The second kappa shape index (κ2) is 10.3. The third kappa shape index (κ3) is 5.95. The first-order valence-electron chi connectivity index (χ1n) is 9.35. The smallest absolute Gasteiger partial charge is 0.238 e. The van der Waals surface area contributed by atoms with Gasteiger partial charge in [0.15, 0.2) is 17.3 Å². The van der Waals surface area contributed by atoms with Gasteiger partial charge in [-0.2, -0.15) is 0 Å². The fourth-order valence-electron chi connectivity index (χ4n) is 2.90. The highest BCUT2D eigenvalue weighted by Crippen LogP contribution is 2.38. The molecule has 0 saturated carbocycles. The maximum absolute atomic E-state index is 15.3. The van der Waals surface area contributed by atoms with Gasteiger partial charge in [-0.15, -0.1) is 0 Å². The van der Waals surface area contributed by atoms with Gasteiger partial charge in [0.25, 0.3) is 0 Å². The number of sulfonamides is 1. The van der Waals surface area contributed by atoms with Crippen molar-refractivity contribution in [3.05, 3.63) is 81.4 Å². The molecule has 0 fully saturated rings. The first-order chi connectivity index (χ1) is 16.0. The van der Waals surface area contributed by atoms with E-state index in [-0.39, 0.29) is 49.1 Å². The molecule has 3 N–H and O–H groups in total. The Balaban J connectivity index is 1.85. The number of nitrogens with two attached hydrogens (primary N) is 1. The van der Waals surface area contributed by atoms with Gasteiger partial charge in [-0.1, -0.05) is 29.3 Å². The monoisotopic (exact) mass is 523 g/mol. The minimum absolute atomic E-state index is 0.0157. The molecule has 0 aliphatic carbocycles. The Hall–Kier alpha value is -3.36. The molecule has 0 saturated heterocycles. The lowest BCUT2D eigenvalue weighted by Gasteiger charge is -2.15. The molecule has 0 unspecified atom stereocenters. The topological polar surface area (TPSA) is 112 Å². The van der Waals surface area contributed by atoms with Crippen molar-refractivity contribution in [3.8, 4) is 17.2 Å². The molecule has 0 aliphatic heterocycles. The number of benzene rings is 3. The Labute approximate surface area is 204 Å². The molecule has 34 heavy (non-hydrogen) atoms. The fraction of sp³-hybridized carbons (Fsp3) is 0.0909. The second-order valence-electron chi connectivity index (χ2n) is 6.84. The van der Waals surface area contributed by atoms with Crippen LogP contribution in [0.5, 0.6) is 17.2 Å². The Bertz CT molecular complexity index is 1420. The van der Waals surface area contributed by atoms with Crippen molar-refractivity contribution < 1.29 is 27.1 Å². The molecule has 3 aromatic carbocycles. The molecule has 0 bridgehead atoms. The zero-order valence-corrected chi connectivity index (χ0v) is 19.8. The van der Waals surface area contributed by atoms with E-state index < -0.39 is 28.2 Å². The molecular weight excluding hydrogens is 508 g/mol. The van der Waals surface area contributed by atoms with E-state index in [1.165, 1.54) is 49.6 Å². The van der Waals surface area contributed by atoms with Crippen LogP contribution >= 0.6 is 23.2 Å². The van der Waals surface area contributed by atoms with E-state index in [4.69, 9.17) is 44.4 Å². The molecule has 0 atom stereocenters. The molecule has 1 amide bonds. The van der Waals surface area contributed by atoms with Crippen LogP contribution in [0.2, 0.25) is 10.0 Å². The van der Waals surface area contributed by atoms with Gasteiger partial charge in [0, 0.05) is 10.6 Å². The lowest BCUT2D eigenvalue weighted by molar-refractivity contribution is -0.115. The molecule has 0 aromatic heterocycles. The van der Waals surface area contributed by atoms with Gasteiger partial charge in [-0.3, -0.25) is 4.79 Å². The van der Waals surface area contributed by atoms with Crippen LogP contribution in [-0.2, 0) is 21.2 Å². The Morgan fingerprint density at radius 2 is 1.91 bits per heavy atom. The quantitative estimate of drug-likeness (QED) is 0.407. The van der Waals surface area contributed by atoms with Gasteiger partial charge in [0.1, 0.15) is 5.75 Å². The molecule has 3 aromatic rings. The SMILES string of the molecule is [C-]#[N+]c1cc(Cl)cc(Oc2c(OC)ccc(CC(=O)Nc3ccc(S(N)(=O)=O)cc3Cl)c2F)c1. The average Bonchev–Trinajstić information content (AvgIpc) is 2.76. The van der Waals surface area contributed by atoms with E-state index in [0.717, 1.165) is 6.07 Å². The van der Waals surface area contributed by atoms with Crippen molar-refractivity contribution >= 4 is 50.5 Å². The maximum atomic E-state index is 15.3. The zero-order valence-electron chi connectivity index (χ0n) is 17.4. The maximum Gasteiger partial charge on any atom is 0.238 e. The third-order valence-corrected chi connectivity index (χ3v) is 5.90. The van der Waals surface area contributed by atoms with Crippen LogP contribution in [0.1, 0.15) is 5.56 Å². The first kappa shape index (κ1) is 25.3. The highest BCUT2D eigenvalue weighted by Gasteiger charge is 2.20. The molecule has 0 heterocycles. The number of nitrogens with one attached hydrogen (secondary N) is 1. The number of amides is 1. The van der Waals surface area contributed by atoms with Crippen LogP contribution in [0, 0.1) is 12.4 Å². The summed E-state index contributed by atoms with van der Waals surface area (Å²) in [5.41, 5.74) is 0.302. The first-order valence-corrected chi connectivity index (χ1v) is 11.7. The second-order valence-corrected chi connectivity index (χ2v) is 9.25. The summed E-state index contributed by atoms with van der Waals surface area (Å²) < 4.78 is 48.9. The molecule has 3 rings (SSSR count). The number of anilines is 1. The van der Waals surface area contributed by atoms with Crippen molar-refractivity contribution in [2.45, 2.75) is 11.3 Å². The molecule has 0 spiro atoms. The highest BCUT2D eigenvalue weighted by atomic mass is 35.5. The Morgan fingerprint density at radius 3 is 2.53 bits per heavy atom. The van der Waals surface area contributed by atoms with Crippen molar-refractivity contribution in [2.24, 2.45) is 5.14 Å². The molecule has 0 radical (unpaired) electrons. The van der Waals surface area contributed by atoms with Gasteiger partial charge in [-0.25, -0.2) is 22.8 Å². The number of carbonyl (C=O) groups excluding carboxylic acids is 1. The number of hydrogen-bond acceptors (Lipinski definition) is 5. The number of methoxy groups -OCH3 is 1. The number of carbonyl (C=O) groups is 1. The lowest BCUT2D eigenvalue weighted by Crippen LogP contribution is -2.16. The summed E-state index contributed by atoms with van der Waals surface area (Å²) in [6.07, 6.45) is -0.400. The van der Waals surface area contributed by atoms with E-state index in [2.05, 4.69) is 10.2 Å². The standard InChI is InChI=1S/C22H16Cl2FN3O5S/c1-27-14-8-13(23)9-15(10-14)33-22-19(32-2)6-3-12(21(22)25)7-20(29)28-18-5-4-16(11-17(18)24)34(26,30)31/h3-6,8-11H,7H2,2H3,(H,28,29)(H2,26,30,31). The van der Waals surface area contributed by atoms with Crippen LogP contribution < -0.4 is 19.9 Å². The molecule has 8 nitrogen and oxygen atoms in total. The predicted molar refractivity (Wildman–Crippen MR) is 126 cm³/mol. The molecule has 0 aliphatic rings. The largest absolute Gasteiger partial charge is 0.493 e. The predicted octanol–water partition coefficient (Wildman–Crippen LogP) is 5.31. The molecule has 12 heteroatoms. The van der Waals surface area contributed by atoms with Crippen LogP contribution in [-0.4, -0.2) is 21.4 Å². The van der Waals surface area contributed by atoms with E-state index in [1.807, 2.05) is 0 Å². The van der Waals surface area contributed by atoms with E-state index in [0.29, 0.717) is 0 Å². The zero-order chi connectivity index (χ0) is 25.0. The van der Waals surface area contributed by atoms with Gasteiger partial charge in [0.2, 0.25) is 21.7 Å². The van der Waals surface area contributed by atoms with Crippen LogP contribution in [0.15, 0.2) is 53.4 Å². The number of ether oxygens (including phenoxy) is 2. The van der Waals surface area contributed by atoms with E-state index >= 15 is 4.39 Å². The van der Waals surface area contributed by atoms with Crippen LogP contribution in [0.25, 0.3) is 4.85 Å². The number of halogens is 3. The summed E-state index contributed by atoms with van der Waals surface area (Å²) >= 11 is 12.0. The van der Waals surface area contributed by atoms with Crippen molar-refractivity contribution in [1.82, 2.24) is 0 Å². The number of nitrogens with zero attached hydrogens (tertiary/aromatic N) is 1. The third-order valence-electron chi connectivity index (χ3n) is 4.46. The van der Waals surface area contributed by atoms with Crippen LogP contribution in [0.3, 0.4) is 0 Å². The number of primary sulfonamides is 1. The van der Waals surface area contributed by atoms with Crippen molar-refractivity contribution in [1.29, 1.82) is 0 Å². The fourth-order valence-corrected chi connectivity index (χ4v) is 3.95. The normalized spacial score (nSPS) is 10.9. The summed E-state index contributed by atoms with van der Waals surface area (Å²) in [6.45, 7) is 7.12. The average molecular weight is 524 g/mol.